The normalized spacial score (nSPS) is 28.5. The second-order valence-corrected chi connectivity index (χ2v) is 8.12. The lowest BCUT2D eigenvalue weighted by Crippen LogP contribution is -2.54. The van der Waals surface area contributed by atoms with E-state index >= 15 is 0 Å². The average Bonchev–Trinajstić information content (AvgIpc) is 2.91. The number of aromatic hydroxyl groups is 1. The molecule has 26 heavy (non-hydrogen) atoms. The van der Waals surface area contributed by atoms with Crippen LogP contribution >= 0.6 is 0 Å². The predicted octanol–water partition coefficient (Wildman–Crippen LogP) is 3.52. The second-order valence-electron chi connectivity index (χ2n) is 8.12. The van der Waals surface area contributed by atoms with Crippen molar-refractivity contribution in [1.29, 1.82) is 0 Å². The van der Waals surface area contributed by atoms with E-state index in [2.05, 4.69) is 4.98 Å². The van der Waals surface area contributed by atoms with E-state index in [4.69, 9.17) is 14.2 Å². The van der Waals surface area contributed by atoms with Gasteiger partial charge in [0.15, 0.2) is 5.79 Å². The first kappa shape index (κ1) is 16.1. The molecule has 1 aromatic heterocycles. The summed E-state index contributed by atoms with van der Waals surface area (Å²) in [7, 11) is 0. The van der Waals surface area contributed by atoms with E-state index in [1.54, 1.807) is 6.07 Å². The molecule has 1 saturated carbocycles. The van der Waals surface area contributed by atoms with Gasteiger partial charge in [0.25, 0.3) is 5.56 Å². The summed E-state index contributed by atoms with van der Waals surface area (Å²) in [5.41, 5.74) is 0.585. The molecule has 1 aromatic carbocycles. The molecule has 2 atom stereocenters. The van der Waals surface area contributed by atoms with E-state index in [9.17, 15) is 9.90 Å². The van der Waals surface area contributed by atoms with Crippen LogP contribution in [0.25, 0.3) is 10.9 Å². The van der Waals surface area contributed by atoms with E-state index in [1.807, 2.05) is 19.9 Å². The summed E-state index contributed by atoms with van der Waals surface area (Å²) in [4.78, 5) is 14.8. The van der Waals surface area contributed by atoms with Crippen LogP contribution in [0.4, 0.5) is 0 Å². The Morgan fingerprint density at radius 1 is 1.15 bits per heavy atom. The minimum absolute atomic E-state index is 0.0424. The second kappa shape index (κ2) is 5.24. The number of hydrogen-bond acceptors (Lipinski definition) is 5. The number of fused-ring (bicyclic) bond motifs is 6. The van der Waals surface area contributed by atoms with Gasteiger partial charge >= 0.3 is 0 Å². The van der Waals surface area contributed by atoms with Gasteiger partial charge in [-0.05, 0) is 51.7 Å². The maximum absolute atomic E-state index is 12.0. The van der Waals surface area contributed by atoms with E-state index in [-0.39, 0.29) is 23.5 Å². The minimum atomic E-state index is -0.732. The lowest BCUT2D eigenvalue weighted by molar-refractivity contribution is -0.169. The standard InChI is InChI=1S/C20H23NO5/c1-19(2)25-17-15-13(7-6-11-12(22)10-14(23)21-16(11)15)24-20(18(17)26-19)8-4-3-5-9-20/h6-7,10,17-18H,3-5,8-9H2,1-2H3,(H2,21,22,23)/t17-,18-/m1/s1. The van der Waals surface area contributed by atoms with Gasteiger partial charge in [-0.1, -0.05) is 6.42 Å². The molecular weight excluding hydrogens is 334 g/mol. The van der Waals surface area contributed by atoms with E-state index in [0.717, 1.165) is 31.2 Å². The number of H-pyrrole nitrogens is 1. The molecule has 1 spiro atoms. The highest BCUT2D eigenvalue weighted by atomic mass is 16.8. The van der Waals surface area contributed by atoms with Crippen LogP contribution < -0.4 is 10.3 Å². The van der Waals surface area contributed by atoms with Crippen LogP contribution in [-0.2, 0) is 9.47 Å². The number of nitrogens with one attached hydrogen (secondary N) is 1. The fraction of sp³-hybridized carbons (Fsp3) is 0.550. The summed E-state index contributed by atoms with van der Waals surface area (Å²) in [6.45, 7) is 3.82. The number of aromatic amines is 1. The summed E-state index contributed by atoms with van der Waals surface area (Å²) in [6, 6.07) is 4.85. The fourth-order valence-corrected chi connectivity index (χ4v) is 4.85. The Labute approximate surface area is 151 Å². The van der Waals surface area contributed by atoms with Crippen molar-refractivity contribution in [1.82, 2.24) is 4.98 Å². The van der Waals surface area contributed by atoms with Crippen LogP contribution in [0.1, 0.15) is 57.6 Å². The van der Waals surface area contributed by atoms with Crippen molar-refractivity contribution in [3.05, 3.63) is 34.1 Å². The van der Waals surface area contributed by atoms with Gasteiger partial charge in [-0.2, -0.15) is 0 Å². The smallest absolute Gasteiger partial charge is 0.252 e. The molecule has 2 fully saturated rings. The zero-order valence-corrected chi connectivity index (χ0v) is 15.0. The third kappa shape index (κ3) is 2.21. The van der Waals surface area contributed by atoms with Gasteiger partial charge in [0.05, 0.1) is 11.1 Å². The van der Waals surface area contributed by atoms with Crippen molar-refractivity contribution in [2.45, 2.75) is 69.5 Å². The molecule has 6 nitrogen and oxygen atoms in total. The molecule has 1 aliphatic carbocycles. The molecule has 2 aliphatic heterocycles. The number of benzene rings is 1. The number of hydrogen-bond donors (Lipinski definition) is 2. The third-order valence-corrected chi connectivity index (χ3v) is 5.91. The van der Waals surface area contributed by atoms with E-state index in [1.165, 1.54) is 12.5 Å². The molecule has 3 heterocycles. The quantitative estimate of drug-likeness (QED) is 0.754. The highest BCUT2D eigenvalue weighted by Gasteiger charge is 2.58. The van der Waals surface area contributed by atoms with Crippen molar-refractivity contribution in [3.63, 3.8) is 0 Å². The molecule has 1 saturated heterocycles. The third-order valence-electron chi connectivity index (χ3n) is 5.91. The number of pyridine rings is 1. The lowest BCUT2D eigenvalue weighted by Gasteiger charge is -2.46. The maximum Gasteiger partial charge on any atom is 0.252 e. The Balaban J connectivity index is 1.76. The molecule has 2 aromatic rings. The van der Waals surface area contributed by atoms with Gasteiger partial charge in [-0.15, -0.1) is 0 Å². The van der Waals surface area contributed by atoms with Crippen molar-refractivity contribution >= 4 is 10.9 Å². The van der Waals surface area contributed by atoms with E-state index < -0.39 is 11.4 Å². The lowest BCUT2D eigenvalue weighted by atomic mass is 9.75. The summed E-state index contributed by atoms with van der Waals surface area (Å²) >= 11 is 0. The van der Waals surface area contributed by atoms with Crippen molar-refractivity contribution in [2.75, 3.05) is 0 Å². The first-order valence-corrected chi connectivity index (χ1v) is 9.32. The van der Waals surface area contributed by atoms with Gasteiger partial charge in [0, 0.05) is 11.5 Å². The summed E-state index contributed by atoms with van der Waals surface area (Å²) < 4.78 is 19.1. The highest BCUT2D eigenvalue weighted by molar-refractivity contribution is 5.89. The molecule has 0 radical (unpaired) electrons. The van der Waals surface area contributed by atoms with Gasteiger partial charge < -0.3 is 24.3 Å². The average molecular weight is 357 g/mol. The maximum atomic E-state index is 12.0. The zero-order chi connectivity index (χ0) is 18.1. The monoisotopic (exact) mass is 357 g/mol. The van der Waals surface area contributed by atoms with Crippen LogP contribution in [0.3, 0.4) is 0 Å². The molecular formula is C20H23NO5. The number of ether oxygens (including phenoxy) is 3. The van der Waals surface area contributed by atoms with Crippen molar-refractivity contribution < 1.29 is 19.3 Å². The van der Waals surface area contributed by atoms with Crippen molar-refractivity contribution in [3.8, 4) is 11.5 Å². The SMILES string of the molecule is CC1(C)O[C@@H]2c3c(ccc4c(O)cc(=O)[nH]c34)OC3(CCCCC3)[C@@H]2O1. The Morgan fingerprint density at radius 3 is 2.69 bits per heavy atom. The summed E-state index contributed by atoms with van der Waals surface area (Å²) in [5.74, 6) is -0.0632. The molecule has 6 heteroatoms. The Hall–Kier alpha value is -2.05. The van der Waals surface area contributed by atoms with Crippen LogP contribution in [0.5, 0.6) is 11.5 Å². The topological polar surface area (TPSA) is 80.8 Å². The Kier molecular flexibility index (Phi) is 3.25. The van der Waals surface area contributed by atoms with Crippen LogP contribution in [-0.4, -0.2) is 27.6 Å². The predicted molar refractivity (Wildman–Crippen MR) is 95.5 cm³/mol. The molecule has 2 N–H and O–H groups in total. The van der Waals surface area contributed by atoms with Gasteiger partial charge in [-0.25, -0.2) is 0 Å². The minimum Gasteiger partial charge on any atom is -0.507 e. The zero-order valence-electron chi connectivity index (χ0n) is 15.0. The molecule has 138 valence electrons. The van der Waals surface area contributed by atoms with Gasteiger partial charge in [-0.3, -0.25) is 4.79 Å². The first-order valence-electron chi connectivity index (χ1n) is 9.32. The van der Waals surface area contributed by atoms with Crippen LogP contribution in [0, 0.1) is 0 Å². The first-order chi connectivity index (χ1) is 12.4. The molecule has 5 rings (SSSR count). The van der Waals surface area contributed by atoms with Gasteiger partial charge in [0.2, 0.25) is 0 Å². The molecule has 0 amide bonds. The Bertz CT molecular complexity index is 941. The Morgan fingerprint density at radius 2 is 1.92 bits per heavy atom. The fourth-order valence-electron chi connectivity index (χ4n) is 4.85. The van der Waals surface area contributed by atoms with Gasteiger partial charge in [0.1, 0.15) is 29.3 Å². The number of rotatable bonds is 0. The molecule has 3 aliphatic rings. The van der Waals surface area contributed by atoms with Crippen LogP contribution in [0.2, 0.25) is 0 Å². The summed E-state index contributed by atoms with van der Waals surface area (Å²) in [6.07, 6.45) is 4.71. The summed E-state index contributed by atoms with van der Waals surface area (Å²) in [5, 5.41) is 10.8. The molecule has 0 unspecified atom stereocenters. The van der Waals surface area contributed by atoms with E-state index in [0.29, 0.717) is 16.7 Å². The van der Waals surface area contributed by atoms with Crippen LogP contribution in [0.15, 0.2) is 23.0 Å². The highest BCUT2D eigenvalue weighted by Crippen LogP contribution is 2.55. The largest absolute Gasteiger partial charge is 0.507 e. The molecule has 0 bridgehead atoms. The number of aromatic nitrogens is 1. The van der Waals surface area contributed by atoms with Crippen molar-refractivity contribution in [2.24, 2.45) is 0 Å².